The van der Waals surface area contributed by atoms with E-state index in [0.29, 0.717) is 5.92 Å². The lowest BCUT2D eigenvalue weighted by atomic mass is 10.1. The van der Waals surface area contributed by atoms with Gasteiger partial charge in [0.25, 0.3) is 0 Å². The Kier molecular flexibility index (Phi) is 3.75. The number of aromatic nitrogens is 4. The summed E-state index contributed by atoms with van der Waals surface area (Å²) in [5, 5.41) is 15.4. The lowest BCUT2D eigenvalue weighted by molar-refractivity contribution is 0.0696. The van der Waals surface area contributed by atoms with Gasteiger partial charge in [0.05, 0.1) is 16.8 Å². The number of aromatic carboxylic acids is 1. The average molecular weight is 374 g/mol. The summed E-state index contributed by atoms with van der Waals surface area (Å²) in [4.78, 5) is 16.1. The van der Waals surface area contributed by atoms with Crippen molar-refractivity contribution >= 4 is 22.5 Å². The third-order valence-electron chi connectivity index (χ3n) is 5.71. The SMILES string of the molecule is CCc1cc(C(=O)O)cn2nc(-c3cc4cccnc4n3CC3CC3)c(C)c12. The lowest BCUT2D eigenvalue weighted by Gasteiger charge is -2.08. The number of hydrogen-bond acceptors (Lipinski definition) is 3. The standard InChI is InChI=1S/C22H22N4O2/c1-3-15-9-17(22(27)28)12-26-20(15)13(2)19(24-26)18-10-16-5-4-8-23-21(16)25(18)11-14-6-7-14/h4-5,8-10,12,14H,3,6-7,11H2,1-2H3,(H,27,28). The fraction of sp³-hybridized carbons (Fsp3) is 0.318. The van der Waals surface area contributed by atoms with E-state index in [9.17, 15) is 9.90 Å². The van der Waals surface area contributed by atoms with Gasteiger partial charge < -0.3 is 9.67 Å². The number of fused-ring (bicyclic) bond motifs is 2. The molecule has 5 rings (SSSR count). The van der Waals surface area contributed by atoms with E-state index in [4.69, 9.17) is 5.10 Å². The zero-order valence-corrected chi connectivity index (χ0v) is 16.0. The van der Waals surface area contributed by atoms with Gasteiger partial charge in [0.15, 0.2) is 0 Å². The molecular weight excluding hydrogens is 352 g/mol. The Labute approximate surface area is 162 Å². The Balaban J connectivity index is 1.77. The summed E-state index contributed by atoms with van der Waals surface area (Å²) in [7, 11) is 0. The van der Waals surface area contributed by atoms with Crippen LogP contribution in [0.1, 0.15) is 41.3 Å². The van der Waals surface area contributed by atoms with Gasteiger partial charge in [-0.2, -0.15) is 5.10 Å². The van der Waals surface area contributed by atoms with Gasteiger partial charge in [-0.3, -0.25) is 0 Å². The minimum absolute atomic E-state index is 0.263. The van der Waals surface area contributed by atoms with E-state index in [2.05, 4.69) is 28.6 Å². The number of nitrogens with zero attached hydrogens (tertiary/aromatic N) is 4. The summed E-state index contributed by atoms with van der Waals surface area (Å²) >= 11 is 0. The van der Waals surface area contributed by atoms with E-state index in [-0.39, 0.29) is 5.56 Å². The molecule has 4 heterocycles. The zero-order valence-electron chi connectivity index (χ0n) is 16.0. The second kappa shape index (κ2) is 6.19. The predicted molar refractivity (Wildman–Crippen MR) is 108 cm³/mol. The topological polar surface area (TPSA) is 72.4 Å². The molecule has 0 aliphatic heterocycles. The van der Waals surface area contributed by atoms with Gasteiger partial charge >= 0.3 is 5.97 Å². The number of carboxylic acid groups (broad SMARTS) is 1. The van der Waals surface area contributed by atoms with Crippen LogP contribution in [-0.2, 0) is 13.0 Å². The smallest absolute Gasteiger partial charge is 0.337 e. The molecule has 0 atom stereocenters. The number of hydrogen-bond donors (Lipinski definition) is 1. The number of carboxylic acids is 1. The van der Waals surface area contributed by atoms with Crippen molar-refractivity contribution < 1.29 is 9.90 Å². The van der Waals surface area contributed by atoms with Crippen LogP contribution in [0.25, 0.3) is 27.9 Å². The third kappa shape index (κ3) is 2.59. The highest BCUT2D eigenvalue weighted by atomic mass is 16.4. The monoisotopic (exact) mass is 374 g/mol. The predicted octanol–water partition coefficient (Wildman–Crippen LogP) is 4.33. The maximum absolute atomic E-state index is 11.5. The fourth-order valence-electron chi connectivity index (χ4n) is 4.08. The summed E-state index contributed by atoms with van der Waals surface area (Å²) in [5.74, 6) is -0.225. The summed E-state index contributed by atoms with van der Waals surface area (Å²) in [6.07, 6.45) is 6.72. The molecule has 6 heteroatoms. The first-order valence-corrected chi connectivity index (χ1v) is 9.76. The van der Waals surface area contributed by atoms with Crippen molar-refractivity contribution in [3.63, 3.8) is 0 Å². The van der Waals surface area contributed by atoms with Crippen LogP contribution in [0, 0.1) is 12.8 Å². The van der Waals surface area contributed by atoms with Gasteiger partial charge in [-0.25, -0.2) is 14.3 Å². The molecule has 0 saturated heterocycles. The highest BCUT2D eigenvalue weighted by Crippen LogP contribution is 2.37. The van der Waals surface area contributed by atoms with Crippen molar-refractivity contribution in [2.75, 3.05) is 0 Å². The Hall–Kier alpha value is -3.15. The second-order valence-electron chi connectivity index (χ2n) is 7.68. The van der Waals surface area contributed by atoms with Gasteiger partial charge in [-0.1, -0.05) is 6.92 Å². The lowest BCUT2D eigenvalue weighted by Crippen LogP contribution is -2.03. The van der Waals surface area contributed by atoms with Crippen LogP contribution in [0.3, 0.4) is 0 Å². The molecule has 0 aromatic carbocycles. The van der Waals surface area contributed by atoms with Crippen LogP contribution in [0.15, 0.2) is 36.7 Å². The van der Waals surface area contributed by atoms with E-state index >= 15 is 0 Å². The third-order valence-corrected chi connectivity index (χ3v) is 5.71. The molecule has 1 aliphatic carbocycles. The van der Waals surface area contributed by atoms with Gasteiger partial charge in [0.1, 0.15) is 11.3 Å². The molecule has 0 amide bonds. The number of carbonyl (C=O) groups is 1. The van der Waals surface area contributed by atoms with Crippen LogP contribution in [-0.4, -0.2) is 30.2 Å². The first kappa shape index (κ1) is 17.0. The van der Waals surface area contributed by atoms with Crippen LogP contribution < -0.4 is 0 Å². The maximum atomic E-state index is 11.5. The maximum Gasteiger partial charge on any atom is 0.337 e. The molecular formula is C22H22N4O2. The highest BCUT2D eigenvalue weighted by Gasteiger charge is 2.26. The molecule has 0 radical (unpaired) electrons. The molecule has 28 heavy (non-hydrogen) atoms. The minimum Gasteiger partial charge on any atom is -0.478 e. The summed E-state index contributed by atoms with van der Waals surface area (Å²) < 4.78 is 4.02. The highest BCUT2D eigenvalue weighted by molar-refractivity contribution is 5.90. The normalized spacial score (nSPS) is 14.2. The molecule has 0 unspecified atom stereocenters. The Morgan fingerprint density at radius 2 is 2.14 bits per heavy atom. The first-order chi connectivity index (χ1) is 13.6. The minimum atomic E-state index is -0.932. The summed E-state index contributed by atoms with van der Waals surface area (Å²) in [5.41, 5.74) is 6.28. The van der Waals surface area contributed by atoms with Crippen molar-refractivity contribution in [1.29, 1.82) is 0 Å². The Morgan fingerprint density at radius 1 is 1.32 bits per heavy atom. The van der Waals surface area contributed by atoms with E-state index < -0.39 is 5.97 Å². The second-order valence-corrected chi connectivity index (χ2v) is 7.68. The zero-order chi connectivity index (χ0) is 19.4. The molecule has 0 bridgehead atoms. The van der Waals surface area contributed by atoms with Gasteiger partial charge in [-0.05, 0) is 61.9 Å². The van der Waals surface area contributed by atoms with Crippen LogP contribution in [0.4, 0.5) is 0 Å². The Morgan fingerprint density at radius 3 is 2.86 bits per heavy atom. The number of pyridine rings is 2. The molecule has 6 nitrogen and oxygen atoms in total. The van der Waals surface area contributed by atoms with Gasteiger partial charge in [0.2, 0.25) is 0 Å². The van der Waals surface area contributed by atoms with E-state index in [1.807, 2.05) is 19.2 Å². The van der Waals surface area contributed by atoms with Crippen molar-refractivity contribution in [3.05, 3.63) is 53.3 Å². The molecule has 1 fully saturated rings. The molecule has 1 saturated carbocycles. The van der Waals surface area contributed by atoms with E-state index in [1.165, 1.54) is 12.8 Å². The average Bonchev–Trinajstić information content (AvgIpc) is 3.36. The quantitative estimate of drug-likeness (QED) is 0.564. The van der Waals surface area contributed by atoms with E-state index in [0.717, 1.165) is 52.0 Å². The van der Waals surface area contributed by atoms with Crippen LogP contribution >= 0.6 is 0 Å². The molecule has 0 spiro atoms. The van der Waals surface area contributed by atoms with Crippen LogP contribution in [0.5, 0.6) is 0 Å². The molecule has 142 valence electrons. The Bertz CT molecular complexity index is 1230. The van der Waals surface area contributed by atoms with Crippen molar-refractivity contribution in [2.24, 2.45) is 5.92 Å². The molecule has 4 aromatic heterocycles. The van der Waals surface area contributed by atoms with E-state index in [1.54, 1.807) is 16.8 Å². The molecule has 4 aromatic rings. The largest absolute Gasteiger partial charge is 0.478 e. The number of rotatable bonds is 5. The molecule has 1 aliphatic rings. The first-order valence-electron chi connectivity index (χ1n) is 9.76. The van der Waals surface area contributed by atoms with Crippen molar-refractivity contribution in [2.45, 2.75) is 39.7 Å². The van der Waals surface area contributed by atoms with Gasteiger partial charge in [0, 0.05) is 29.9 Å². The molecule has 1 N–H and O–H groups in total. The number of aryl methyl sites for hydroxylation is 2. The van der Waals surface area contributed by atoms with Gasteiger partial charge in [-0.15, -0.1) is 0 Å². The van der Waals surface area contributed by atoms with Crippen molar-refractivity contribution in [3.8, 4) is 11.4 Å². The van der Waals surface area contributed by atoms with Crippen molar-refractivity contribution in [1.82, 2.24) is 19.2 Å². The fourth-order valence-corrected chi connectivity index (χ4v) is 4.08. The van der Waals surface area contributed by atoms with Crippen LogP contribution in [0.2, 0.25) is 0 Å². The summed E-state index contributed by atoms with van der Waals surface area (Å²) in [6, 6.07) is 7.96. The summed E-state index contributed by atoms with van der Waals surface area (Å²) in [6.45, 7) is 5.06.